The van der Waals surface area contributed by atoms with Gasteiger partial charge in [-0.25, -0.2) is 15.6 Å². The number of rotatable bonds is 4. The van der Waals surface area contributed by atoms with Gasteiger partial charge in [-0.1, -0.05) is 0 Å². The van der Waals surface area contributed by atoms with E-state index in [1.54, 1.807) is 0 Å². The average molecular weight is 201 g/mol. The van der Waals surface area contributed by atoms with Crippen molar-refractivity contribution in [1.82, 2.24) is 10.7 Å². The second-order valence-electron chi connectivity index (χ2n) is 2.96. The average Bonchev–Trinajstić information content (AvgIpc) is 2.93. The van der Waals surface area contributed by atoms with Crippen molar-refractivity contribution in [3.8, 4) is 0 Å². The summed E-state index contributed by atoms with van der Waals surface area (Å²) in [5, 5.41) is 3.07. The Morgan fingerprint density at radius 1 is 1.57 bits per heavy atom. The molecule has 1 aliphatic carbocycles. The molecule has 1 aliphatic rings. The molecule has 1 rings (SSSR count). The first-order valence-electron chi connectivity index (χ1n) is 4.42. The molecule has 1 saturated carbocycles. The lowest BCUT2D eigenvalue weighted by Crippen LogP contribution is -2.42. The minimum atomic E-state index is -0.794. The molecular weight excluding hydrogens is 186 g/mol. The van der Waals surface area contributed by atoms with Gasteiger partial charge in [-0.3, -0.25) is 5.43 Å². The van der Waals surface area contributed by atoms with Gasteiger partial charge in [0.25, 0.3) is 0 Å². The van der Waals surface area contributed by atoms with Crippen molar-refractivity contribution in [1.29, 1.82) is 0 Å². The van der Waals surface area contributed by atoms with Crippen LogP contribution < -0.4 is 22.3 Å². The zero-order valence-corrected chi connectivity index (χ0v) is 7.82. The van der Waals surface area contributed by atoms with Crippen LogP contribution in [0.15, 0.2) is 4.99 Å². The van der Waals surface area contributed by atoms with Crippen LogP contribution in [0.2, 0.25) is 0 Å². The lowest BCUT2D eigenvalue weighted by molar-refractivity contribution is 0.160. The molecule has 0 aliphatic heterocycles. The van der Waals surface area contributed by atoms with Gasteiger partial charge in [-0.05, 0) is 12.8 Å². The molecule has 1 fully saturated rings. The largest absolute Gasteiger partial charge is 0.448 e. The fraction of sp³-hybridized carbons (Fsp3) is 0.714. The van der Waals surface area contributed by atoms with Gasteiger partial charge in [0.15, 0.2) is 0 Å². The number of carbonyl (C=O) groups is 1. The fourth-order valence-electron chi connectivity index (χ4n) is 0.858. The van der Waals surface area contributed by atoms with E-state index in [0.29, 0.717) is 18.5 Å². The van der Waals surface area contributed by atoms with E-state index in [4.69, 9.17) is 11.6 Å². The quantitative estimate of drug-likeness (QED) is 0.148. The predicted molar refractivity (Wildman–Crippen MR) is 51.3 cm³/mol. The summed E-state index contributed by atoms with van der Waals surface area (Å²) in [6, 6.07) is 0.474. The third-order valence-corrected chi connectivity index (χ3v) is 1.66. The van der Waals surface area contributed by atoms with Crippen molar-refractivity contribution in [2.45, 2.75) is 18.9 Å². The van der Waals surface area contributed by atoms with Gasteiger partial charge in [0, 0.05) is 6.04 Å². The van der Waals surface area contributed by atoms with E-state index in [9.17, 15) is 4.79 Å². The van der Waals surface area contributed by atoms with Crippen molar-refractivity contribution < 1.29 is 9.53 Å². The second-order valence-corrected chi connectivity index (χ2v) is 2.96. The molecule has 0 aromatic carbocycles. The number of nitrogens with two attached hydrogens (primary N) is 2. The number of nitrogens with zero attached hydrogens (tertiary/aromatic N) is 1. The van der Waals surface area contributed by atoms with Gasteiger partial charge >= 0.3 is 6.09 Å². The Bertz CT molecular complexity index is 226. The van der Waals surface area contributed by atoms with Gasteiger partial charge in [0.05, 0.1) is 6.54 Å². The summed E-state index contributed by atoms with van der Waals surface area (Å²) in [6.07, 6.45) is 1.48. The van der Waals surface area contributed by atoms with Gasteiger partial charge in [-0.2, -0.15) is 0 Å². The molecular formula is C7H15N5O2. The van der Waals surface area contributed by atoms with Crippen LogP contribution in [0.1, 0.15) is 12.8 Å². The van der Waals surface area contributed by atoms with Crippen molar-refractivity contribution in [3.63, 3.8) is 0 Å². The van der Waals surface area contributed by atoms with Crippen LogP contribution in [-0.2, 0) is 4.74 Å². The first-order valence-corrected chi connectivity index (χ1v) is 4.42. The topological polar surface area (TPSA) is 115 Å². The number of amides is 1. The number of hydrogen-bond acceptors (Lipinski definition) is 4. The lowest BCUT2D eigenvalue weighted by Gasteiger charge is -2.07. The number of guanidine groups is 1. The molecule has 0 spiro atoms. The van der Waals surface area contributed by atoms with Crippen molar-refractivity contribution in [3.05, 3.63) is 0 Å². The van der Waals surface area contributed by atoms with Crippen molar-refractivity contribution in [2.75, 3.05) is 13.2 Å². The van der Waals surface area contributed by atoms with Gasteiger partial charge in [0.2, 0.25) is 5.96 Å². The third kappa shape index (κ3) is 4.51. The summed E-state index contributed by atoms with van der Waals surface area (Å²) >= 11 is 0. The molecule has 0 aromatic heterocycles. The monoisotopic (exact) mass is 201 g/mol. The molecule has 6 N–H and O–H groups in total. The summed E-state index contributed by atoms with van der Waals surface area (Å²) in [5.74, 6) is 5.73. The predicted octanol–water partition coefficient (Wildman–Crippen LogP) is -1.35. The number of ether oxygens (including phenoxy) is 1. The molecule has 7 heteroatoms. The Kier molecular flexibility index (Phi) is 3.99. The minimum Gasteiger partial charge on any atom is -0.448 e. The first-order chi connectivity index (χ1) is 6.72. The van der Waals surface area contributed by atoms with E-state index in [1.165, 1.54) is 0 Å². The number of nitrogens with one attached hydrogen (secondary N) is 2. The third-order valence-electron chi connectivity index (χ3n) is 1.66. The Balaban J connectivity index is 2.14. The SMILES string of the molecule is NNC(=NCCOC(N)=O)NC1CC1. The summed E-state index contributed by atoms with van der Waals surface area (Å²) in [6.45, 7) is 0.495. The van der Waals surface area contributed by atoms with Gasteiger partial charge in [0.1, 0.15) is 6.61 Å². The number of hydrazine groups is 1. The molecule has 0 saturated heterocycles. The molecule has 0 aromatic rings. The van der Waals surface area contributed by atoms with E-state index in [0.717, 1.165) is 12.8 Å². The summed E-state index contributed by atoms with van der Waals surface area (Å²) in [7, 11) is 0. The normalized spacial score (nSPS) is 16.2. The molecule has 0 atom stereocenters. The first kappa shape index (κ1) is 10.6. The highest BCUT2D eigenvalue weighted by Gasteiger charge is 2.21. The summed E-state index contributed by atoms with van der Waals surface area (Å²) in [4.78, 5) is 14.2. The Morgan fingerprint density at radius 3 is 2.79 bits per heavy atom. The second kappa shape index (κ2) is 5.28. The lowest BCUT2D eigenvalue weighted by atomic mass is 10.6. The summed E-state index contributed by atoms with van der Waals surface area (Å²) in [5.41, 5.74) is 7.20. The zero-order valence-electron chi connectivity index (χ0n) is 7.82. The molecule has 80 valence electrons. The Hall–Kier alpha value is -1.50. The number of aliphatic imine (C=N–C) groups is 1. The number of carbonyl (C=O) groups excluding carboxylic acids is 1. The highest BCUT2D eigenvalue weighted by Crippen LogP contribution is 2.18. The Morgan fingerprint density at radius 2 is 2.29 bits per heavy atom. The Labute approximate surface area is 81.8 Å². The van der Waals surface area contributed by atoms with E-state index < -0.39 is 6.09 Å². The van der Waals surface area contributed by atoms with Crippen LogP contribution in [0.5, 0.6) is 0 Å². The maximum absolute atomic E-state index is 10.2. The van der Waals surface area contributed by atoms with Crippen LogP contribution in [0.25, 0.3) is 0 Å². The van der Waals surface area contributed by atoms with Crippen LogP contribution >= 0.6 is 0 Å². The zero-order chi connectivity index (χ0) is 10.4. The van der Waals surface area contributed by atoms with Crippen LogP contribution in [-0.4, -0.2) is 31.2 Å². The van der Waals surface area contributed by atoms with Crippen LogP contribution in [0.4, 0.5) is 4.79 Å². The van der Waals surface area contributed by atoms with E-state index >= 15 is 0 Å². The van der Waals surface area contributed by atoms with Crippen molar-refractivity contribution >= 4 is 12.1 Å². The molecule has 7 nitrogen and oxygen atoms in total. The highest BCUT2D eigenvalue weighted by molar-refractivity contribution is 5.79. The van der Waals surface area contributed by atoms with Crippen molar-refractivity contribution in [2.24, 2.45) is 16.6 Å². The van der Waals surface area contributed by atoms with E-state index in [1.807, 2.05) is 0 Å². The maximum atomic E-state index is 10.2. The van der Waals surface area contributed by atoms with Gasteiger partial charge < -0.3 is 15.8 Å². The molecule has 0 bridgehead atoms. The minimum absolute atomic E-state index is 0.160. The van der Waals surface area contributed by atoms with Crippen LogP contribution in [0.3, 0.4) is 0 Å². The molecule has 1 amide bonds. The smallest absolute Gasteiger partial charge is 0.404 e. The fourth-order valence-corrected chi connectivity index (χ4v) is 0.858. The van der Waals surface area contributed by atoms with Crippen LogP contribution in [0, 0.1) is 0 Å². The van der Waals surface area contributed by atoms with Gasteiger partial charge in [-0.15, -0.1) is 0 Å². The number of primary amides is 1. The van der Waals surface area contributed by atoms with E-state index in [-0.39, 0.29) is 6.61 Å². The molecule has 14 heavy (non-hydrogen) atoms. The highest BCUT2D eigenvalue weighted by atomic mass is 16.5. The molecule has 0 unspecified atom stereocenters. The molecule has 0 radical (unpaired) electrons. The van der Waals surface area contributed by atoms with E-state index in [2.05, 4.69) is 20.5 Å². The number of hydrogen-bond donors (Lipinski definition) is 4. The standard InChI is InChI=1S/C7H15N5O2/c8-6(13)14-4-3-10-7(12-9)11-5-1-2-5/h5H,1-4,9H2,(H2,8,13)(H2,10,11,12). The summed E-state index contributed by atoms with van der Waals surface area (Å²) < 4.78 is 4.49. The maximum Gasteiger partial charge on any atom is 0.404 e. The molecule has 0 heterocycles.